The summed E-state index contributed by atoms with van der Waals surface area (Å²) < 4.78 is 31.3. The zero-order valence-electron chi connectivity index (χ0n) is 9.88. The molecule has 0 spiro atoms. The molecule has 17 heavy (non-hydrogen) atoms. The number of nitrogens with one attached hydrogen (secondary N) is 1. The van der Waals surface area contributed by atoms with Crippen LogP contribution in [-0.2, 0) is 14.8 Å². The molecule has 1 heterocycles. The first-order chi connectivity index (χ1) is 7.93. The molecule has 0 saturated carbocycles. The Morgan fingerprint density at radius 1 is 1.53 bits per heavy atom. The van der Waals surface area contributed by atoms with E-state index in [4.69, 9.17) is 10.5 Å². The summed E-state index contributed by atoms with van der Waals surface area (Å²) >= 11 is 0. The minimum atomic E-state index is -3.61. The summed E-state index contributed by atoms with van der Waals surface area (Å²) in [5.41, 5.74) is 5.50. The Kier molecular flexibility index (Phi) is 4.86. The van der Waals surface area contributed by atoms with Crippen LogP contribution in [0.15, 0.2) is 23.2 Å². The lowest BCUT2D eigenvalue weighted by atomic mass is 10.5. The van der Waals surface area contributed by atoms with Crippen molar-refractivity contribution in [3.63, 3.8) is 0 Å². The van der Waals surface area contributed by atoms with Gasteiger partial charge in [0.2, 0.25) is 10.0 Å². The fraction of sp³-hybridized carbons (Fsp3) is 0.500. The first-order valence-corrected chi connectivity index (χ1v) is 6.73. The Morgan fingerprint density at radius 3 is 2.82 bits per heavy atom. The number of anilines is 1. The van der Waals surface area contributed by atoms with Crippen LogP contribution in [0, 0.1) is 0 Å². The van der Waals surface area contributed by atoms with Gasteiger partial charge in [-0.1, -0.05) is 0 Å². The maximum atomic E-state index is 11.8. The summed E-state index contributed by atoms with van der Waals surface area (Å²) in [5, 5.41) is 0. The lowest BCUT2D eigenvalue weighted by Gasteiger charge is -2.10. The Bertz CT molecular complexity index is 460. The summed E-state index contributed by atoms with van der Waals surface area (Å²) in [4.78, 5) is 3.72. The molecule has 0 saturated heterocycles. The van der Waals surface area contributed by atoms with Crippen molar-refractivity contribution >= 4 is 15.8 Å². The lowest BCUT2D eigenvalue weighted by molar-refractivity contribution is 0.0834. The second kappa shape index (κ2) is 5.95. The molecular weight excluding hydrogens is 242 g/mol. The van der Waals surface area contributed by atoms with Crippen molar-refractivity contribution in [2.75, 3.05) is 18.9 Å². The SMILES string of the molecule is CC(C)OCCNS(=O)(=O)c1cccnc1N. The van der Waals surface area contributed by atoms with E-state index in [1.807, 2.05) is 13.8 Å². The van der Waals surface area contributed by atoms with Crippen LogP contribution in [0.4, 0.5) is 5.82 Å². The highest BCUT2D eigenvalue weighted by Gasteiger charge is 2.16. The largest absolute Gasteiger partial charge is 0.383 e. The Morgan fingerprint density at radius 2 is 2.24 bits per heavy atom. The Labute approximate surface area is 101 Å². The molecule has 6 nitrogen and oxygen atoms in total. The lowest BCUT2D eigenvalue weighted by Crippen LogP contribution is -2.29. The van der Waals surface area contributed by atoms with Gasteiger partial charge in [-0.2, -0.15) is 0 Å². The molecule has 0 atom stereocenters. The van der Waals surface area contributed by atoms with E-state index in [0.717, 1.165) is 0 Å². The van der Waals surface area contributed by atoms with Crippen molar-refractivity contribution in [1.82, 2.24) is 9.71 Å². The summed E-state index contributed by atoms with van der Waals surface area (Å²) in [6.07, 6.45) is 1.51. The van der Waals surface area contributed by atoms with Crippen LogP contribution in [0.25, 0.3) is 0 Å². The molecule has 0 aliphatic heterocycles. The van der Waals surface area contributed by atoms with Crippen LogP contribution in [-0.4, -0.2) is 32.7 Å². The van der Waals surface area contributed by atoms with Gasteiger partial charge in [0.05, 0.1) is 12.7 Å². The molecule has 7 heteroatoms. The number of nitrogen functional groups attached to an aromatic ring is 1. The minimum absolute atomic E-state index is 0.00946. The monoisotopic (exact) mass is 259 g/mol. The Hall–Kier alpha value is -1.18. The molecule has 96 valence electrons. The van der Waals surface area contributed by atoms with Crippen molar-refractivity contribution < 1.29 is 13.2 Å². The molecule has 0 aromatic carbocycles. The fourth-order valence-corrected chi connectivity index (χ4v) is 2.27. The third-order valence-electron chi connectivity index (χ3n) is 1.93. The average Bonchev–Trinajstić information content (AvgIpc) is 2.24. The van der Waals surface area contributed by atoms with E-state index in [9.17, 15) is 8.42 Å². The highest BCUT2D eigenvalue weighted by molar-refractivity contribution is 7.89. The molecule has 1 rings (SSSR count). The number of nitrogens with two attached hydrogens (primary N) is 1. The predicted molar refractivity (Wildman–Crippen MR) is 64.9 cm³/mol. The van der Waals surface area contributed by atoms with Gasteiger partial charge in [0.25, 0.3) is 0 Å². The molecule has 0 amide bonds. The van der Waals surface area contributed by atoms with Crippen LogP contribution in [0.1, 0.15) is 13.8 Å². The second-order valence-corrected chi connectivity index (χ2v) is 5.44. The van der Waals surface area contributed by atoms with E-state index in [-0.39, 0.29) is 23.4 Å². The number of sulfonamides is 1. The maximum Gasteiger partial charge on any atom is 0.244 e. The summed E-state index contributed by atoms with van der Waals surface area (Å²) in [5.74, 6) is -0.00946. The number of ether oxygens (including phenoxy) is 1. The zero-order valence-corrected chi connectivity index (χ0v) is 10.7. The first kappa shape index (κ1) is 13.9. The van der Waals surface area contributed by atoms with Gasteiger partial charge in [-0.05, 0) is 26.0 Å². The van der Waals surface area contributed by atoms with Gasteiger partial charge < -0.3 is 10.5 Å². The van der Waals surface area contributed by atoms with E-state index in [1.54, 1.807) is 0 Å². The maximum absolute atomic E-state index is 11.8. The van der Waals surface area contributed by atoms with E-state index >= 15 is 0 Å². The minimum Gasteiger partial charge on any atom is -0.383 e. The summed E-state index contributed by atoms with van der Waals surface area (Å²) in [6.45, 7) is 4.28. The topological polar surface area (TPSA) is 94.3 Å². The number of hydrogen-bond donors (Lipinski definition) is 2. The van der Waals surface area contributed by atoms with Crippen molar-refractivity contribution in [2.24, 2.45) is 0 Å². The van der Waals surface area contributed by atoms with Gasteiger partial charge in [-0.25, -0.2) is 18.1 Å². The van der Waals surface area contributed by atoms with Crippen molar-refractivity contribution in [1.29, 1.82) is 0 Å². The normalized spacial score (nSPS) is 11.9. The number of nitrogens with zero attached hydrogens (tertiary/aromatic N) is 1. The van der Waals surface area contributed by atoms with Crippen molar-refractivity contribution in [2.45, 2.75) is 24.8 Å². The van der Waals surface area contributed by atoms with Crippen molar-refractivity contribution in [3.8, 4) is 0 Å². The van der Waals surface area contributed by atoms with Gasteiger partial charge in [-0.3, -0.25) is 0 Å². The standard InChI is InChI=1S/C10H17N3O3S/c1-8(2)16-7-6-13-17(14,15)9-4-3-5-12-10(9)11/h3-5,8,13H,6-7H2,1-2H3,(H2,11,12). The molecular formula is C10H17N3O3S. The van der Waals surface area contributed by atoms with Crippen molar-refractivity contribution in [3.05, 3.63) is 18.3 Å². The van der Waals surface area contributed by atoms with Crippen LogP contribution in [0.5, 0.6) is 0 Å². The average molecular weight is 259 g/mol. The quantitative estimate of drug-likeness (QED) is 0.720. The van der Waals surface area contributed by atoms with Gasteiger partial charge >= 0.3 is 0 Å². The van der Waals surface area contributed by atoms with Gasteiger partial charge in [0, 0.05) is 12.7 Å². The molecule has 0 bridgehead atoms. The van der Waals surface area contributed by atoms with Crippen LogP contribution >= 0.6 is 0 Å². The van der Waals surface area contributed by atoms with Gasteiger partial charge in [0.15, 0.2) is 0 Å². The first-order valence-electron chi connectivity index (χ1n) is 5.25. The number of rotatable bonds is 6. The van der Waals surface area contributed by atoms with Crippen LogP contribution < -0.4 is 10.5 Å². The summed E-state index contributed by atoms with van der Waals surface area (Å²) in [7, 11) is -3.61. The smallest absolute Gasteiger partial charge is 0.244 e. The second-order valence-electron chi connectivity index (χ2n) is 3.70. The van der Waals surface area contributed by atoms with Crippen LogP contribution in [0.2, 0.25) is 0 Å². The predicted octanol–water partition coefficient (Wildman–Crippen LogP) is 0.367. The van der Waals surface area contributed by atoms with E-state index in [1.165, 1.54) is 18.3 Å². The third-order valence-corrected chi connectivity index (χ3v) is 3.44. The molecule has 0 unspecified atom stereocenters. The molecule has 0 fully saturated rings. The number of pyridine rings is 1. The molecule has 0 aliphatic rings. The Balaban J connectivity index is 2.61. The van der Waals surface area contributed by atoms with E-state index < -0.39 is 10.0 Å². The highest BCUT2D eigenvalue weighted by atomic mass is 32.2. The molecule has 0 radical (unpaired) electrons. The summed E-state index contributed by atoms with van der Waals surface area (Å²) in [6, 6.07) is 2.93. The number of hydrogen-bond acceptors (Lipinski definition) is 5. The highest BCUT2D eigenvalue weighted by Crippen LogP contribution is 2.13. The van der Waals surface area contributed by atoms with E-state index in [0.29, 0.717) is 6.61 Å². The van der Waals surface area contributed by atoms with E-state index in [2.05, 4.69) is 9.71 Å². The van der Waals surface area contributed by atoms with Gasteiger partial charge in [0.1, 0.15) is 10.7 Å². The molecule has 3 N–H and O–H groups in total. The third kappa shape index (κ3) is 4.29. The molecule has 0 aliphatic carbocycles. The molecule has 1 aromatic rings. The number of aromatic nitrogens is 1. The molecule has 1 aromatic heterocycles. The van der Waals surface area contributed by atoms with Crippen LogP contribution in [0.3, 0.4) is 0 Å². The zero-order chi connectivity index (χ0) is 12.9. The van der Waals surface area contributed by atoms with Gasteiger partial charge in [-0.15, -0.1) is 0 Å². The fourth-order valence-electron chi connectivity index (χ4n) is 1.18.